The van der Waals surface area contributed by atoms with Crippen LogP contribution in [-0.2, 0) is 4.79 Å². The van der Waals surface area contributed by atoms with Gasteiger partial charge in [-0.3, -0.25) is 0 Å². The molecule has 0 spiro atoms. The number of rotatable bonds is 5. The Balaban J connectivity index is 2.90. The van der Waals surface area contributed by atoms with Crippen molar-refractivity contribution in [3.05, 3.63) is 10.7 Å². The quantitative estimate of drug-likeness (QED) is 0.862. The van der Waals surface area contributed by atoms with Crippen LogP contribution < -0.4 is 10.1 Å². The van der Waals surface area contributed by atoms with Gasteiger partial charge in [-0.25, -0.2) is 9.78 Å². The summed E-state index contributed by atoms with van der Waals surface area (Å²) in [6.07, 6.45) is 1.51. The second-order valence-electron chi connectivity index (χ2n) is 3.76. The molecule has 0 saturated carbocycles. The second kappa shape index (κ2) is 5.81. The Bertz CT molecular complexity index is 412. The monoisotopic (exact) mass is 303 g/mol. The van der Waals surface area contributed by atoms with Gasteiger partial charge in [-0.2, -0.15) is 4.98 Å². The number of ether oxygens (including phenoxy) is 1. The van der Waals surface area contributed by atoms with E-state index in [0.717, 1.165) is 0 Å². The zero-order valence-electron chi connectivity index (χ0n) is 9.77. The topological polar surface area (TPSA) is 84.3 Å². The van der Waals surface area contributed by atoms with Crippen LogP contribution in [0.1, 0.15) is 13.8 Å². The number of aromatic nitrogens is 2. The van der Waals surface area contributed by atoms with Crippen LogP contribution in [0, 0.1) is 5.92 Å². The predicted octanol–water partition coefficient (Wildman–Crippen LogP) is 1.77. The first-order chi connectivity index (χ1) is 7.95. The zero-order chi connectivity index (χ0) is 13.0. The first-order valence-corrected chi connectivity index (χ1v) is 5.81. The van der Waals surface area contributed by atoms with Gasteiger partial charge in [-0.05, 0) is 21.8 Å². The van der Waals surface area contributed by atoms with Crippen molar-refractivity contribution in [2.45, 2.75) is 19.9 Å². The number of methoxy groups -OCH3 is 1. The molecule has 1 rings (SSSR count). The van der Waals surface area contributed by atoms with Gasteiger partial charge in [0.1, 0.15) is 6.04 Å². The van der Waals surface area contributed by atoms with Gasteiger partial charge < -0.3 is 15.2 Å². The number of carbonyl (C=O) groups is 1. The molecule has 1 aromatic heterocycles. The summed E-state index contributed by atoms with van der Waals surface area (Å²) in [4.78, 5) is 19.0. The molecule has 0 radical (unpaired) electrons. The molecule has 7 heteroatoms. The molecule has 0 fully saturated rings. The molecule has 0 amide bonds. The van der Waals surface area contributed by atoms with Crippen LogP contribution in [0.3, 0.4) is 0 Å². The third-order valence-electron chi connectivity index (χ3n) is 2.12. The van der Waals surface area contributed by atoms with E-state index >= 15 is 0 Å². The highest BCUT2D eigenvalue weighted by Gasteiger charge is 2.22. The lowest BCUT2D eigenvalue weighted by molar-refractivity contribution is -0.138. The molecule has 0 aliphatic rings. The van der Waals surface area contributed by atoms with Crippen molar-refractivity contribution in [2.75, 3.05) is 12.4 Å². The highest BCUT2D eigenvalue weighted by atomic mass is 79.9. The van der Waals surface area contributed by atoms with Crippen molar-refractivity contribution >= 4 is 27.8 Å². The molecule has 6 nitrogen and oxygen atoms in total. The molecule has 2 N–H and O–H groups in total. The molecule has 0 unspecified atom stereocenters. The molecule has 0 aliphatic carbocycles. The first-order valence-electron chi connectivity index (χ1n) is 5.01. The predicted molar refractivity (Wildman–Crippen MR) is 66.2 cm³/mol. The number of halogens is 1. The molecule has 17 heavy (non-hydrogen) atoms. The maximum atomic E-state index is 11.0. The molecule has 1 aromatic rings. The third kappa shape index (κ3) is 3.55. The lowest BCUT2D eigenvalue weighted by atomic mass is 10.1. The van der Waals surface area contributed by atoms with Crippen LogP contribution in [0.15, 0.2) is 10.7 Å². The molecule has 0 bridgehead atoms. The van der Waals surface area contributed by atoms with Gasteiger partial charge in [0.25, 0.3) is 0 Å². The van der Waals surface area contributed by atoms with Crippen molar-refractivity contribution in [3.8, 4) is 5.88 Å². The summed E-state index contributed by atoms with van der Waals surface area (Å²) in [7, 11) is 1.48. The Morgan fingerprint density at radius 1 is 1.59 bits per heavy atom. The molecule has 94 valence electrons. The number of nitrogens with one attached hydrogen (secondary N) is 1. The van der Waals surface area contributed by atoms with E-state index in [1.807, 2.05) is 13.8 Å². The minimum atomic E-state index is -0.939. The van der Waals surface area contributed by atoms with Gasteiger partial charge in [0, 0.05) is 0 Å². The molecule has 0 saturated heterocycles. The number of carboxylic acids is 1. The van der Waals surface area contributed by atoms with E-state index in [-0.39, 0.29) is 11.9 Å². The van der Waals surface area contributed by atoms with Gasteiger partial charge in [0.05, 0.1) is 17.8 Å². The molecule has 1 heterocycles. The highest BCUT2D eigenvalue weighted by Crippen LogP contribution is 2.22. The lowest BCUT2D eigenvalue weighted by Gasteiger charge is -2.17. The average Bonchev–Trinajstić information content (AvgIpc) is 2.26. The van der Waals surface area contributed by atoms with Crippen LogP contribution in [0.5, 0.6) is 5.88 Å². The molecule has 0 aliphatic heterocycles. The fraction of sp³-hybridized carbons (Fsp3) is 0.500. The van der Waals surface area contributed by atoms with E-state index in [0.29, 0.717) is 10.4 Å². The minimum Gasteiger partial charge on any atom is -0.480 e. The molecular formula is C10H14BrN3O3. The number of carboxylic acid groups (broad SMARTS) is 1. The third-order valence-corrected chi connectivity index (χ3v) is 2.67. The Labute approximate surface area is 108 Å². The van der Waals surface area contributed by atoms with Crippen LogP contribution in [0.25, 0.3) is 0 Å². The normalized spacial score (nSPS) is 12.3. The summed E-state index contributed by atoms with van der Waals surface area (Å²) in [6.45, 7) is 3.61. The number of hydrogen-bond donors (Lipinski definition) is 2. The number of nitrogens with zero attached hydrogens (tertiary/aromatic N) is 2. The van der Waals surface area contributed by atoms with E-state index in [4.69, 9.17) is 9.84 Å². The summed E-state index contributed by atoms with van der Waals surface area (Å²) >= 11 is 3.22. The van der Waals surface area contributed by atoms with Crippen LogP contribution in [0.4, 0.5) is 5.95 Å². The summed E-state index contributed by atoms with van der Waals surface area (Å²) in [5.41, 5.74) is 0. The average molecular weight is 304 g/mol. The minimum absolute atomic E-state index is 0.0780. The fourth-order valence-electron chi connectivity index (χ4n) is 1.22. The second-order valence-corrected chi connectivity index (χ2v) is 4.61. The fourth-order valence-corrected chi connectivity index (χ4v) is 1.57. The van der Waals surface area contributed by atoms with Crippen LogP contribution >= 0.6 is 15.9 Å². The van der Waals surface area contributed by atoms with Crippen LogP contribution in [-0.4, -0.2) is 34.2 Å². The maximum absolute atomic E-state index is 11.0. The lowest BCUT2D eigenvalue weighted by Crippen LogP contribution is -2.34. The summed E-state index contributed by atoms with van der Waals surface area (Å²) in [5.74, 6) is -0.433. The van der Waals surface area contributed by atoms with E-state index in [9.17, 15) is 4.79 Å². The van der Waals surface area contributed by atoms with Crippen molar-refractivity contribution in [1.82, 2.24) is 9.97 Å². The van der Waals surface area contributed by atoms with E-state index in [1.54, 1.807) is 0 Å². The first kappa shape index (κ1) is 13.7. The number of aliphatic carboxylic acids is 1. The Kier molecular flexibility index (Phi) is 4.68. The standard InChI is InChI=1S/C10H14BrN3O3/c1-5(2)7(9(15)16)13-10-12-4-6(11)8(14-10)17-3/h4-5,7H,1-3H3,(H,15,16)(H,12,13,14)/t7-/m0/s1. The van der Waals surface area contributed by atoms with E-state index in [2.05, 4.69) is 31.2 Å². The largest absolute Gasteiger partial charge is 0.480 e. The highest BCUT2D eigenvalue weighted by molar-refractivity contribution is 9.10. The Morgan fingerprint density at radius 2 is 2.24 bits per heavy atom. The Hall–Kier alpha value is -1.37. The summed E-state index contributed by atoms with van der Waals surface area (Å²) < 4.78 is 5.62. The van der Waals surface area contributed by atoms with Crippen molar-refractivity contribution in [3.63, 3.8) is 0 Å². The van der Waals surface area contributed by atoms with Crippen molar-refractivity contribution in [1.29, 1.82) is 0 Å². The molecule has 0 aromatic carbocycles. The van der Waals surface area contributed by atoms with Gasteiger partial charge >= 0.3 is 5.97 Å². The number of hydrogen-bond acceptors (Lipinski definition) is 5. The van der Waals surface area contributed by atoms with Crippen molar-refractivity contribution < 1.29 is 14.6 Å². The summed E-state index contributed by atoms with van der Waals surface area (Å²) in [5, 5.41) is 11.8. The smallest absolute Gasteiger partial charge is 0.326 e. The number of anilines is 1. The van der Waals surface area contributed by atoms with Crippen molar-refractivity contribution in [2.24, 2.45) is 5.92 Å². The Morgan fingerprint density at radius 3 is 2.71 bits per heavy atom. The van der Waals surface area contributed by atoms with Gasteiger partial charge in [0.15, 0.2) is 0 Å². The van der Waals surface area contributed by atoms with Crippen LogP contribution in [0.2, 0.25) is 0 Å². The molecule has 1 atom stereocenters. The molecular weight excluding hydrogens is 290 g/mol. The maximum Gasteiger partial charge on any atom is 0.326 e. The van der Waals surface area contributed by atoms with E-state index in [1.165, 1.54) is 13.3 Å². The summed E-state index contributed by atoms with van der Waals surface area (Å²) in [6, 6.07) is -0.735. The van der Waals surface area contributed by atoms with Gasteiger partial charge in [-0.15, -0.1) is 0 Å². The SMILES string of the molecule is COc1nc(N[C@H](C(=O)O)C(C)C)ncc1Br. The van der Waals surface area contributed by atoms with Gasteiger partial charge in [-0.1, -0.05) is 13.8 Å². The van der Waals surface area contributed by atoms with Gasteiger partial charge in [0.2, 0.25) is 11.8 Å². The zero-order valence-corrected chi connectivity index (χ0v) is 11.4. The van der Waals surface area contributed by atoms with E-state index < -0.39 is 12.0 Å².